The summed E-state index contributed by atoms with van der Waals surface area (Å²) in [5.74, 6) is 0. The van der Waals surface area contributed by atoms with Gasteiger partial charge in [0.15, 0.2) is 0 Å². The van der Waals surface area contributed by atoms with Crippen LogP contribution in [0.25, 0.3) is 0 Å². The minimum Gasteiger partial charge on any atom is -1.00 e. The van der Waals surface area contributed by atoms with Gasteiger partial charge in [0.05, 0.1) is 0 Å². The van der Waals surface area contributed by atoms with Gasteiger partial charge in [-0.1, -0.05) is 0 Å². The monoisotopic (exact) mass is 323 g/mol. The van der Waals surface area contributed by atoms with E-state index in [9.17, 15) is 0 Å². The van der Waals surface area contributed by atoms with E-state index in [1.54, 1.807) is 0 Å². The van der Waals surface area contributed by atoms with Crippen molar-refractivity contribution in [1.29, 1.82) is 0 Å². The average molecular weight is 326 g/mol. The summed E-state index contributed by atoms with van der Waals surface area (Å²) in [6.07, 6.45) is 0. The zero-order valence-corrected chi connectivity index (χ0v) is 9.70. The summed E-state index contributed by atoms with van der Waals surface area (Å²) in [6.45, 7) is 0. The topological polar surface area (TPSA) is 0 Å². The van der Waals surface area contributed by atoms with Gasteiger partial charge in [-0.3, -0.25) is 0 Å². The average Bonchev–Trinajstić information content (AvgIpc) is 0. The summed E-state index contributed by atoms with van der Waals surface area (Å²) < 4.78 is 0. The summed E-state index contributed by atoms with van der Waals surface area (Å²) in [5.41, 5.74) is 0. The van der Waals surface area contributed by atoms with Gasteiger partial charge in [0.25, 0.3) is 0 Å². The fraction of sp³-hybridized carbons (Fsp3) is 0. The molecule has 0 spiro atoms. The first-order chi connectivity index (χ1) is 0. The van der Waals surface area contributed by atoms with Crippen LogP contribution in [0.2, 0.25) is 0 Å². The van der Waals surface area contributed by atoms with Crippen LogP contribution in [0.4, 0.5) is 0 Å². The van der Waals surface area contributed by atoms with Crippen molar-refractivity contribution < 1.29 is 68.3 Å². The molecule has 0 aromatic heterocycles. The number of hydrogen-bond acceptors (Lipinski definition) is 0. The molecule has 0 aliphatic heterocycles. The van der Waals surface area contributed by atoms with E-state index in [1.807, 2.05) is 0 Å². The van der Waals surface area contributed by atoms with Crippen molar-refractivity contribution in [2.24, 2.45) is 0 Å². The first kappa shape index (κ1) is 52.6. The Morgan fingerprint density at radius 1 is 0.600 bits per heavy atom. The molecule has 0 bridgehead atoms. The van der Waals surface area contributed by atoms with Crippen LogP contribution >= 0.6 is 9.90 Å². The molecule has 1 radical (unpaired) electrons. The van der Waals surface area contributed by atoms with E-state index in [0.717, 1.165) is 0 Å². The Labute approximate surface area is 77.5 Å². The third-order valence-corrected chi connectivity index (χ3v) is 0. The van der Waals surface area contributed by atoms with Gasteiger partial charge in [0, 0.05) is 0 Å². The van der Waals surface area contributed by atoms with Gasteiger partial charge in [0.2, 0.25) is 0 Å². The molecule has 0 aliphatic rings. The fourth-order valence-electron chi connectivity index (χ4n) is 0. The smallest absolute Gasteiger partial charge is 1.00 e. The van der Waals surface area contributed by atoms with E-state index >= 15 is 0 Å². The Kier molecular flexibility index (Phi) is 340. The van der Waals surface area contributed by atoms with E-state index in [1.165, 1.54) is 0 Å². The second-order valence-corrected chi connectivity index (χ2v) is 0. The van der Waals surface area contributed by atoms with Crippen molar-refractivity contribution in [3.63, 3.8) is 0 Å². The van der Waals surface area contributed by atoms with Gasteiger partial charge in [-0.25, -0.2) is 0 Å². The van der Waals surface area contributed by atoms with Gasteiger partial charge < -0.3 is 50.9 Å². The summed E-state index contributed by atoms with van der Waals surface area (Å²) >= 11 is 0. The van der Waals surface area contributed by atoms with Crippen molar-refractivity contribution in [3.05, 3.63) is 0 Å². The summed E-state index contributed by atoms with van der Waals surface area (Å²) in [7, 11) is 0. The second-order valence-electron chi connectivity index (χ2n) is 0. The summed E-state index contributed by atoms with van der Waals surface area (Å²) in [6, 6.07) is 0. The van der Waals surface area contributed by atoms with Crippen LogP contribution < -0.4 is 50.9 Å². The minimum atomic E-state index is 0. The van der Waals surface area contributed by atoms with Crippen LogP contribution in [0.15, 0.2) is 0 Å². The third-order valence-electron chi connectivity index (χ3n) is 0. The van der Waals surface area contributed by atoms with E-state index < -0.39 is 0 Å². The zero-order valence-electron chi connectivity index (χ0n) is 2.25. The normalized spacial score (nSPS) is 0. The predicted molar refractivity (Wildman–Crippen MR) is 11.1 cm³/mol. The molecule has 0 heterocycles. The van der Waals surface area contributed by atoms with Crippen LogP contribution in [-0.2, 0) is 17.4 Å². The molecule has 1 unspecified atom stereocenters. The maximum atomic E-state index is 0. The first-order valence-corrected chi connectivity index (χ1v) is 0. The molecule has 5 heteroatoms. The Morgan fingerprint density at radius 3 is 0.600 bits per heavy atom. The maximum absolute atomic E-state index is 0. The van der Waals surface area contributed by atoms with Crippen LogP contribution in [0.5, 0.6) is 0 Å². The summed E-state index contributed by atoms with van der Waals surface area (Å²) in [5, 5.41) is 0. The van der Waals surface area contributed by atoms with E-state index in [-0.39, 0.29) is 78.2 Å². The van der Waals surface area contributed by atoms with Crippen molar-refractivity contribution in [2.75, 3.05) is 0 Å². The van der Waals surface area contributed by atoms with Crippen molar-refractivity contribution in [2.45, 2.75) is 0 Å². The molecule has 0 nitrogen and oxygen atoms in total. The molecule has 0 fully saturated rings. The van der Waals surface area contributed by atoms with E-state index in [4.69, 9.17) is 0 Å². The molecule has 0 saturated carbocycles. The Balaban J connectivity index is 0. The van der Waals surface area contributed by atoms with Crippen LogP contribution in [0.3, 0.4) is 0 Å². The molecule has 1 atom stereocenters. The molecular formula is H3Br3CrP. The van der Waals surface area contributed by atoms with Gasteiger partial charge in [-0.2, -0.15) is 9.90 Å². The second kappa shape index (κ2) is 32.4. The number of rotatable bonds is 0. The number of halogens is 3. The molecule has 35 valence electrons. The Morgan fingerprint density at radius 2 is 0.600 bits per heavy atom. The van der Waals surface area contributed by atoms with Crippen molar-refractivity contribution >= 4 is 9.90 Å². The Hall–Kier alpha value is 2.40. The minimum absolute atomic E-state index is 0. The molecule has 0 aromatic carbocycles. The van der Waals surface area contributed by atoms with Gasteiger partial charge >= 0.3 is 17.4 Å². The van der Waals surface area contributed by atoms with Crippen LogP contribution in [-0.4, -0.2) is 0 Å². The first-order valence-electron chi connectivity index (χ1n) is 0. The molecule has 0 saturated heterocycles. The standard InChI is InChI=1S/3BrH.Cr.H3P/h3*1H;;1H3/q;;;+3;/p-3. The quantitative estimate of drug-likeness (QED) is 0.388. The largest absolute Gasteiger partial charge is 3.00 e. The van der Waals surface area contributed by atoms with Crippen molar-refractivity contribution in [1.82, 2.24) is 0 Å². The van der Waals surface area contributed by atoms with Gasteiger partial charge in [0.1, 0.15) is 0 Å². The molecule has 5 heavy (non-hydrogen) atoms. The molecule has 0 aliphatic carbocycles. The molecule has 0 rings (SSSR count). The predicted octanol–water partition coefficient (Wildman–Crippen LogP) is -8.93. The van der Waals surface area contributed by atoms with E-state index in [2.05, 4.69) is 0 Å². The Bertz CT molecular complexity index is 6.85. The number of hydrogen-bond donors (Lipinski definition) is 0. The van der Waals surface area contributed by atoms with Gasteiger partial charge in [-0.05, 0) is 0 Å². The maximum Gasteiger partial charge on any atom is 3.00 e. The molecule has 0 amide bonds. The molecule has 0 N–H and O–H groups in total. The SMILES string of the molecule is P.[Br-].[Br-].[Br-].[Cr+3]. The zero-order chi connectivity index (χ0) is 0. The van der Waals surface area contributed by atoms with Crippen LogP contribution in [0.1, 0.15) is 0 Å². The fourth-order valence-corrected chi connectivity index (χ4v) is 0. The van der Waals surface area contributed by atoms with Crippen molar-refractivity contribution in [3.8, 4) is 0 Å². The molecule has 0 aromatic rings. The van der Waals surface area contributed by atoms with E-state index in [0.29, 0.717) is 0 Å². The summed E-state index contributed by atoms with van der Waals surface area (Å²) in [4.78, 5) is 0. The van der Waals surface area contributed by atoms with Crippen LogP contribution in [0, 0.1) is 0 Å². The third kappa shape index (κ3) is 21.5. The van der Waals surface area contributed by atoms with Gasteiger partial charge in [-0.15, -0.1) is 0 Å². The molecular weight excluding hydrogens is 323 g/mol.